The number of carbonyl (C=O) groups excluding carboxylic acids is 2. The quantitative estimate of drug-likeness (QED) is 0.597. The van der Waals surface area contributed by atoms with Crippen LogP contribution < -0.4 is 10.1 Å². The van der Waals surface area contributed by atoms with Gasteiger partial charge in [-0.25, -0.2) is 4.79 Å². The number of esters is 1. The Labute approximate surface area is 174 Å². The first-order valence-corrected chi connectivity index (χ1v) is 9.34. The van der Waals surface area contributed by atoms with E-state index in [1.54, 1.807) is 48.5 Å². The highest BCUT2D eigenvalue weighted by Crippen LogP contribution is 2.14. The smallest absolute Gasteiger partial charge is 0.338 e. The van der Waals surface area contributed by atoms with Crippen molar-refractivity contribution in [3.05, 3.63) is 95.6 Å². The van der Waals surface area contributed by atoms with E-state index < -0.39 is 18.0 Å². The van der Waals surface area contributed by atoms with Crippen molar-refractivity contribution in [2.45, 2.75) is 19.6 Å². The van der Waals surface area contributed by atoms with Crippen LogP contribution in [0.4, 0.5) is 5.69 Å². The molecule has 0 aliphatic rings. The number of para-hydroxylation sites is 1. The lowest BCUT2D eigenvalue weighted by Gasteiger charge is -2.14. The number of hydrogen-bond donors (Lipinski definition) is 1. The van der Waals surface area contributed by atoms with E-state index in [2.05, 4.69) is 5.32 Å². The molecule has 3 aromatic rings. The fraction of sp³-hybridized carbons (Fsp3) is 0.125. The van der Waals surface area contributed by atoms with Gasteiger partial charge in [0.2, 0.25) is 0 Å². The Kier molecular flexibility index (Phi) is 6.80. The predicted molar refractivity (Wildman–Crippen MR) is 112 cm³/mol. The molecule has 0 aromatic heterocycles. The summed E-state index contributed by atoms with van der Waals surface area (Å²) >= 11 is 0. The van der Waals surface area contributed by atoms with Crippen molar-refractivity contribution in [1.82, 2.24) is 0 Å². The van der Waals surface area contributed by atoms with Crippen LogP contribution in [-0.2, 0) is 16.1 Å². The van der Waals surface area contributed by atoms with Gasteiger partial charge in [0, 0.05) is 5.69 Å². The summed E-state index contributed by atoms with van der Waals surface area (Å²) in [6.45, 7) is 1.88. The number of benzene rings is 3. The summed E-state index contributed by atoms with van der Waals surface area (Å²) in [7, 11) is 0. The normalized spacial score (nSPS) is 11.1. The molecule has 0 spiro atoms. The molecule has 0 saturated heterocycles. The molecule has 1 N–H and O–H groups in total. The van der Waals surface area contributed by atoms with Crippen LogP contribution in [0.15, 0.2) is 78.9 Å². The van der Waals surface area contributed by atoms with Gasteiger partial charge in [0.1, 0.15) is 12.4 Å². The van der Waals surface area contributed by atoms with E-state index in [9.17, 15) is 9.59 Å². The lowest BCUT2D eigenvalue weighted by molar-refractivity contribution is -0.123. The highest BCUT2D eigenvalue weighted by Gasteiger charge is 2.19. The summed E-state index contributed by atoms with van der Waals surface area (Å²) in [5.74, 6) is -0.281. The molecule has 0 bridgehead atoms. The van der Waals surface area contributed by atoms with Gasteiger partial charge in [-0.15, -0.1) is 0 Å². The maximum atomic E-state index is 12.3. The first-order valence-electron chi connectivity index (χ1n) is 9.34. The van der Waals surface area contributed by atoms with Crippen LogP contribution in [0.25, 0.3) is 0 Å². The van der Waals surface area contributed by atoms with E-state index in [0.29, 0.717) is 23.4 Å². The van der Waals surface area contributed by atoms with E-state index in [4.69, 9.17) is 14.7 Å². The first kappa shape index (κ1) is 20.6. The van der Waals surface area contributed by atoms with Crippen LogP contribution in [0.1, 0.15) is 28.4 Å². The summed E-state index contributed by atoms with van der Waals surface area (Å²) < 4.78 is 10.9. The number of rotatable bonds is 7. The number of amides is 1. The molecule has 0 radical (unpaired) electrons. The minimum atomic E-state index is -0.978. The zero-order valence-corrected chi connectivity index (χ0v) is 16.4. The molecule has 0 saturated carbocycles. The SMILES string of the molecule is C[C@H](OC(=O)c1ccc(COc2ccccc2)cc1)C(=O)Nc1ccc(C#N)cc1. The van der Waals surface area contributed by atoms with Crippen LogP contribution >= 0.6 is 0 Å². The molecule has 0 fully saturated rings. The average molecular weight is 400 g/mol. The topological polar surface area (TPSA) is 88.4 Å². The molecule has 0 heterocycles. The van der Waals surface area contributed by atoms with Crippen molar-refractivity contribution in [2.75, 3.05) is 5.32 Å². The van der Waals surface area contributed by atoms with E-state index in [1.807, 2.05) is 36.4 Å². The molecule has 1 amide bonds. The Morgan fingerprint density at radius 3 is 2.27 bits per heavy atom. The van der Waals surface area contributed by atoms with Gasteiger partial charge in [-0.1, -0.05) is 30.3 Å². The van der Waals surface area contributed by atoms with Gasteiger partial charge < -0.3 is 14.8 Å². The van der Waals surface area contributed by atoms with Gasteiger partial charge in [-0.2, -0.15) is 5.26 Å². The van der Waals surface area contributed by atoms with Gasteiger partial charge in [0.15, 0.2) is 6.10 Å². The molecule has 3 rings (SSSR count). The Hall–Kier alpha value is -4.11. The summed E-state index contributed by atoms with van der Waals surface area (Å²) in [5.41, 5.74) is 2.26. The Morgan fingerprint density at radius 1 is 0.967 bits per heavy atom. The number of anilines is 1. The van der Waals surface area contributed by atoms with Crippen molar-refractivity contribution >= 4 is 17.6 Å². The van der Waals surface area contributed by atoms with E-state index >= 15 is 0 Å². The van der Waals surface area contributed by atoms with Crippen LogP contribution in [-0.4, -0.2) is 18.0 Å². The average Bonchev–Trinajstić information content (AvgIpc) is 2.79. The Bertz CT molecular complexity index is 1040. The monoisotopic (exact) mass is 400 g/mol. The highest BCUT2D eigenvalue weighted by atomic mass is 16.5. The van der Waals surface area contributed by atoms with E-state index in [1.165, 1.54) is 6.92 Å². The Balaban J connectivity index is 1.51. The molecular formula is C24H20N2O4. The van der Waals surface area contributed by atoms with Crippen LogP contribution in [0.5, 0.6) is 5.75 Å². The van der Waals surface area contributed by atoms with Crippen LogP contribution in [0, 0.1) is 11.3 Å². The minimum Gasteiger partial charge on any atom is -0.489 e. The zero-order valence-electron chi connectivity index (χ0n) is 16.4. The molecule has 6 heteroatoms. The van der Waals surface area contributed by atoms with Gasteiger partial charge in [0.05, 0.1) is 17.2 Å². The maximum absolute atomic E-state index is 12.3. The second-order valence-electron chi connectivity index (χ2n) is 6.52. The van der Waals surface area contributed by atoms with Gasteiger partial charge >= 0.3 is 5.97 Å². The molecule has 0 aliphatic carbocycles. The molecule has 30 heavy (non-hydrogen) atoms. The summed E-state index contributed by atoms with van der Waals surface area (Å²) in [6, 6.07) is 24.7. The predicted octanol–water partition coefficient (Wildman–Crippen LogP) is 4.32. The second-order valence-corrected chi connectivity index (χ2v) is 6.52. The Morgan fingerprint density at radius 2 is 1.63 bits per heavy atom. The third kappa shape index (κ3) is 5.69. The fourth-order valence-electron chi connectivity index (χ4n) is 2.57. The third-order valence-electron chi connectivity index (χ3n) is 4.27. The zero-order chi connectivity index (χ0) is 21.3. The van der Waals surface area contributed by atoms with Gasteiger partial charge in [-0.05, 0) is 61.0 Å². The largest absolute Gasteiger partial charge is 0.489 e. The number of hydrogen-bond acceptors (Lipinski definition) is 5. The van der Waals surface area contributed by atoms with Gasteiger partial charge in [0.25, 0.3) is 5.91 Å². The van der Waals surface area contributed by atoms with Crippen LogP contribution in [0.3, 0.4) is 0 Å². The van der Waals surface area contributed by atoms with E-state index in [-0.39, 0.29) is 0 Å². The molecule has 6 nitrogen and oxygen atoms in total. The van der Waals surface area contributed by atoms with Crippen molar-refractivity contribution in [1.29, 1.82) is 5.26 Å². The van der Waals surface area contributed by atoms with Crippen molar-refractivity contribution < 1.29 is 19.1 Å². The number of carbonyl (C=O) groups is 2. The van der Waals surface area contributed by atoms with Crippen molar-refractivity contribution in [2.24, 2.45) is 0 Å². The summed E-state index contributed by atoms with van der Waals surface area (Å²) in [5, 5.41) is 11.5. The second kappa shape index (κ2) is 9.89. The van der Waals surface area contributed by atoms with E-state index in [0.717, 1.165) is 11.3 Å². The molecule has 1 atom stereocenters. The summed E-state index contributed by atoms with van der Waals surface area (Å²) in [6.07, 6.45) is -0.978. The molecule has 0 aliphatic heterocycles. The third-order valence-corrected chi connectivity index (χ3v) is 4.27. The standard InChI is InChI=1S/C24H20N2O4/c1-17(23(27)26-21-13-9-18(15-25)10-14-21)30-24(28)20-11-7-19(8-12-20)16-29-22-5-3-2-4-6-22/h2-14,17H,16H2,1H3,(H,26,27)/t17-/m0/s1. The first-order chi connectivity index (χ1) is 14.5. The van der Waals surface area contributed by atoms with Gasteiger partial charge in [-0.3, -0.25) is 4.79 Å². The molecule has 3 aromatic carbocycles. The fourth-order valence-corrected chi connectivity index (χ4v) is 2.57. The highest BCUT2D eigenvalue weighted by molar-refractivity contribution is 5.97. The molecule has 150 valence electrons. The van der Waals surface area contributed by atoms with Crippen LogP contribution in [0.2, 0.25) is 0 Å². The lowest BCUT2D eigenvalue weighted by atomic mass is 10.1. The van der Waals surface area contributed by atoms with Crippen molar-refractivity contribution in [3.8, 4) is 11.8 Å². The number of ether oxygens (including phenoxy) is 2. The maximum Gasteiger partial charge on any atom is 0.338 e. The lowest BCUT2D eigenvalue weighted by Crippen LogP contribution is -2.30. The minimum absolute atomic E-state index is 0.344. The number of nitriles is 1. The number of nitrogens with one attached hydrogen (secondary N) is 1. The molecule has 0 unspecified atom stereocenters. The number of nitrogens with zero attached hydrogens (tertiary/aromatic N) is 1. The summed E-state index contributed by atoms with van der Waals surface area (Å²) in [4.78, 5) is 24.6. The molecular weight excluding hydrogens is 380 g/mol. The van der Waals surface area contributed by atoms with Crippen molar-refractivity contribution in [3.63, 3.8) is 0 Å².